The van der Waals surface area contributed by atoms with Crippen LogP contribution in [0.1, 0.15) is 27.3 Å². The summed E-state index contributed by atoms with van der Waals surface area (Å²) in [5, 5.41) is 13.7. The summed E-state index contributed by atoms with van der Waals surface area (Å²) >= 11 is 0. The van der Waals surface area contributed by atoms with Gasteiger partial charge in [0.05, 0.1) is 24.1 Å². The Hall–Kier alpha value is -2.89. The minimum absolute atomic E-state index is 0.156. The maximum atomic E-state index is 12.2. The zero-order valence-electron chi connectivity index (χ0n) is 12.5. The lowest BCUT2D eigenvalue weighted by Crippen LogP contribution is -2.12. The summed E-state index contributed by atoms with van der Waals surface area (Å²) in [5.41, 5.74) is 4.39. The first-order valence-corrected chi connectivity index (χ1v) is 7.02. The fourth-order valence-corrected chi connectivity index (χ4v) is 2.34. The van der Waals surface area contributed by atoms with Crippen molar-refractivity contribution in [3.05, 3.63) is 65.2 Å². The molecule has 0 aliphatic heterocycles. The van der Waals surface area contributed by atoms with Gasteiger partial charge in [-0.3, -0.25) is 14.6 Å². The van der Waals surface area contributed by atoms with Crippen LogP contribution in [0.3, 0.4) is 0 Å². The third kappa shape index (κ3) is 3.06. The third-order valence-corrected chi connectivity index (χ3v) is 3.38. The first kappa shape index (κ1) is 14.1. The van der Waals surface area contributed by atoms with Gasteiger partial charge in [0, 0.05) is 17.5 Å². The lowest BCUT2D eigenvalue weighted by molar-refractivity contribution is 0.102. The quantitative estimate of drug-likeness (QED) is 0.776. The van der Waals surface area contributed by atoms with E-state index >= 15 is 0 Å². The maximum Gasteiger partial charge on any atom is 0.255 e. The van der Waals surface area contributed by atoms with E-state index < -0.39 is 0 Å². The molecule has 22 heavy (non-hydrogen) atoms. The monoisotopic (exact) mass is 295 g/mol. The van der Waals surface area contributed by atoms with Crippen molar-refractivity contribution in [2.24, 2.45) is 0 Å². The molecule has 0 saturated heterocycles. The van der Waals surface area contributed by atoms with Crippen molar-refractivity contribution in [3.63, 3.8) is 0 Å². The van der Waals surface area contributed by atoms with E-state index in [1.54, 1.807) is 18.5 Å². The molecule has 0 spiro atoms. The average molecular weight is 295 g/mol. The number of anilines is 1. The molecule has 2 N–H and O–H groups in total. The predicted molar refractivity (Wildman–Crippen MR) is 83.8 cm³/mol. The van der Waals surface area contributed by atoms with Crippen molar-refractivity contribution in [3.8, 4) is 0 Å². The van der Waals surface area contributed by atoms with Crippen LogP contribution in [0.15, 0.2) is 42.7 Å². The van der Waals surface area contributed by atoms with Gasteiger partial charge in [0.1, 0.15) is 0 Å². The highest BCUT2D eigenvalue weighted by molar-refractivity contribution is 6.04. The Morgan fingerprint density at radius 2 is 2.18 bits per heavy atom. The van der Waals surface area contributed by atoms with Crippen molar-refractivity contribution < 1.29 is 4.79 Å². The summed E-state index contributed by atoms with van der Waals surface area (Å²) < 4.78 is 1.93. The molecule has 3 rings (SSSR count). The van der Waals surface area contributed by atoms with E-state index in [0.29, 0.717) is 17.8 Å². The van der Waals surface area contributed by atoms with E-state index in [9.17, 15) is 4.79 Å². The number of benzene rings is 1. The van der Waals surface area contributed by atoms with Crippen LogP contribution >= 0.6 is 0 Å². The zero-order chi connectivity index (χ0) is 15.5. The number of aromatic nitrogens is 4. The fourth-order valence-electron chi connectivity index (χ4n) is 2.34. The topological polar surface area (TPSA) is 75.6 Å². The number of carbonyl (C=O) groups is 1. The molecule has 6 nitrogen and oxygen atoms in total. The van der Waals surface area contributed by atoms with Crippen LogP contribution in [0.5, 0.6) is 0 Å². The van der Waals surface area contributed by atoms with Gasteiger partial charge in [-0.15, -0.1) is 0 Å². The van der Waals surface area contributed by atoms with Crippen LogP contribution in [0.25, 0.3) is 0 Å². The molecule has 6 heteroatoms. The van der Waals surface area contributed by atoms with Crippen LogP contribution in [-0.2, 0) is 6.54 Å². The fraction of sp³-hybridized carbons (Fsp3) is 0.188. The summed E-state index contributed by atoms with van der Waals surface area (Å²) in [6, 6.07) is 9.58. The summed E-state index contributed by atoms with van der Waals surface area (Å²) in [6.07, 6.45) is 3.20. The van der Waals surface area contributed by atoms with E-state index in [0.717, 1.165) is 17.0 Å². The molecule has 0 fully saturated rings. The van der Waals surface area contributed by atoms with Crippen molar-refractivity contribution in [2.75, 3.05) is 5.32 Å². The number of nitrogens with one attached hydrogen (secondary N) is 2. The molecule has 2 heterocycles. The second-order valence-electron chi connectivity index (χ2n) is 5.23. The number of nitrogens with zero attached hydrogens (tertiary/aromatic N) is 3. The highest BCUT2D eigenvalue weighted by Gasteiger charge is 2.08. The van der Waals surface area contributed by atoms with Crippen LogP contribution in [-0.4, -0.2) is 25.9 Å². The van der Waals surface area contributed by atoms with E-state index in [2.05, 4.69) is 20.6 Å². The molecule has 0 atom stereocenters. The standard InChI is InChI=1S/C16H17N5O/c1-11-6-12(2)21(20-11)10-13-4-3-5-14(7-13)16(22)19-15-8-17-18-9-15/h3-9H,10H2,1-2H3,(H,17,18)(H,19,22). The SMILES string of the molecule is Cc1cc(C)n(Cc2cccc(C(=O)Nc3cn[nH]c3)c2)n1. The van der Waals surface area contributed by atoms with Gasteiger partial charge in [-0.25, -0.2) is 0 Å². The molecule has 3 aromatic rings. The first-order chi connectivity index (χ1) is 10.6. The van der Waals surface area contributed by atoms with Crippen molar-refractivity contribution in [1.82, 2.24) is 20.0 Å². The minimum atomic E-state index is -0.156. The van der Waals surface area contributed by atoms with Crippen LogP contribution in [0.2, 0.25) is 0 Å². The van der Waals surface area contributed by atoms with Crippen LogP contribution in [0.4, 0.5) is 5.69 Å². The Kier molecular flexibility index (Phi) is 3.74. The number of carbonyl (C=O) groups excluding carboxylic acids is 1. The van der Waals surface area contributed by atoms with Gasteiger partial charge < -0.3 is 5.32 Å². The number of hydrogen-bond acceptors (Lipinski definition) is 3. The lowest BCUT2D eigenvalue weighted by Gasteiger charge is -2.07. The number of hydrogen-bond donors (Lipinski definition) is 2. The number of aromatic amines is 1. The molecule has 0 saturated carbocycles. The van der Waals surface area contributed by atoms with Gasteiger partial charge in [-0.2, -0.15) is 10.2 Å². The maximum absolute atomic E-state index is 12.2. The first-order valence-electron chi connectivity index (χ1n) is 7.02. The van der Waals surface area contributed by atoms with Crippen molar-refractivity contribution >= 4 is 11.6 Å². The largest absolute Gasteiger partial charge is 0.319 e. The number of H-pyrrole nitrogens is 1. The number of amides is 1. The third-order valence-electron chi connectivity index (χ3n) is 3.38. The van der Waals surface area contributed by atoms with Gasteiger partial charge in [-0.05, 0) is 37.6 Å². The Labute approximate surface area is 128 Å². The molecule has 1 aromatic carbocycles. The van der Waals surface area contributed by atoms with Gasteiger partial charge in [0.2, 0.25) is 0 Å². The van der Waals surface area contributed by atoms with Crippen LogP contribution < -0.4 is 5.32 Å². The van der Waals surface area contributed by atoms with Gasteiger partial charge >= 0.3 is 0 Å². The van der Waals surface area contributed by atoms with Gasteiger partial charge in [0.25, 0.3) is 5.91 Å². The summed E-state index contributed by atoms with van der Waals surface area (Å²) in [6.45, 7) is 4.64. The molecular weight excluding hydrogens is 278 g/mol. The molecule has 0 aliphatic rings. The van der Waals surface area contributed by atoms with Gasteiger partial charge in [-0.1, -0.05) is 12.1 Å². The molecule has 112 valence electrons. The average Bonchev–Trinajstić information content (AvgIpc) is 3.09. The highest BCUT2D eigenvalue weighted by atomic mass is 16.1. The predicted octanol–water partition coefficient (Wildman–Crippen LogP) is 2.52. The summed E-state index contributed by atoms with van der Waals surface area (Å²) in [5.74, 6) is -0.156. The normalized spacial score (nSPS) is 10.6. The van der Waals surface area contributed by atoms with E-state index in [1.807, 2.05) is 42.8 Å². The van der Waals surface area contributed by atoms with E-state index in [1.165, 1.54) is 0 Å². The number of rotatable bonds is 4. The summed E-state index contributed by atoms with van der Waals surface area (Å²) in [7, 11) is 0. The summed E-state index contributed by atoms with van der Waals surface area (Å²) in [4.78, 5) is 12.2. The minimum Gasteiger partial charge on any atom is -0.319 e. The zero-order valence-corrected chi connectivity index (χ0v) is 12.5. The highest BCUT2D eigenvalue weighted by Crippen LogP contribution is 2.12. The molecule has 0 radical (unpaired) electrons. The van der Waals surface area contributed by atoms with E-state index in [4.69, 9.17) is 0 Å². The molecule has 2 aromatic heterocycles. The molecule has 0 unspecified atom stereocenters. The Balaban J connectivity index is 1.77. The van der Waals surface area contributed by atoms with Gasteiger partial charge in [0.15, 0.2) is 0 Å². The van der Waals surface area contributed by atoms with Crippen molar-refractivity contribution in [2.45, 2.75) is 20.4 Å². The second-order valence-corrected chi connectivity index (χ2v) is 5.23. The lowest BCUT2D eigenvalue weighted by atomic mass is 10.1. The Morgan fingerprint density at radius 1 is 1.32 bits per heavy atom. The molecule has 1 amide bonds. The Bertz CT molecular complexity index is 789. The molecular formula is C16H17N5O. The number of aryl methyl sites for hydroxylation is 2. The Morgan fingerprint density at radius 3 is 2.86 bits per heavy atom. The molecule has 0 aliphatic carbocycles. The van der Waals surface area contributed by atoms with Crippen LogP contribution in [0, 0.1) is 13.8 Å². The second kappa shape index (κ2) is 5.85. The smallest absolute Gasteiger partial charge is 0.255 e. The van der Waals surface area contributed by atoms with E-state index in [-0.39, 0.29) is 5.91 Å². The van der Waals surface area contributed by atoms with Crippen molar-refractivity contribution in [1.29, 1.82) is 0 Å². The molecule has 0 bridgehead atoms.